The van der Waals surface area contributed by atoms with Gasteiger partial charge in [-0.2, -0.15) is 0 Å². The fourth-order valence-corrected chi connectivity index (χ4v) is 3.90. The Morgan fingerprint density at radius 1 is 1.46 bits per heavy atom. The number of benzene rings is 1. The molecule has 24 heavy (non-hydrogen) atoms. The number of halogens is 1. The Hall–Kier alpha value is -1.79. The van der Waals surface area contributed by atoms with Gasteiger partial charge >= 0.3 is 0 Å². The van der Waals surface area contributed by atoms with E-state index in [4.69, 9.17) is 5.73 Å². The van der Waals surface area contributed by atoms with E-state index in [1.54, 1.807) is 6.07 Å². The molecule has 1 saturated heterocycles. The van der Waals surface area contributed by atoms with Crippen LogP contribution in [0.2, 0.25) is 0 Å². The molecule has 6 heteroatoms. The molecule has 1 amide bonds. The van der Waals surface area contributed by atoms with E-state index in [0.29, 0.717) is 12.3 Å². The van der Waals surface area contributed by atoms with Gasteiger partial charge in [0.25, 0.3) is 0 Å². The minimum atomic E-state index is -0.280. The third-order valence-electron chi connectivity index (χ3n) is 4.59. The fourth-order valence-electron chi connectivity index (χ4n) is 3.08. The number of nitrogens with two attached hydrogens (primary N) is 1. The number of aromatic nitrogens is 1. The lowest BCUT2D eigenvalue weighted by molar-refractivity contribution is -0.132. The summed E-state index contributed by atoms with van der Waals surface area (Å²) in [6.07, 6.45) is 2.23. The Labute approximate surface area is 145 Å². The van der Waals surface area contributed by atoms with Crippen LogP contribution < -0.4 is 5.73 Å². The normalized spacial score (nSPS) is 17.0. The maximum absolute atomic E-state index is 13.3. The molecule has 1 atom stereocenters. The molecule has 0 radical (unpaired) electrons. The summed E-state index contributed by atoms with van der Waals surface area (Å²) in [7, 11) is 0. The van der Waals surface area contributed by atoms with Gasteiger partial charge in [0.05, 0.1) is 12.1 Å². The van der Waals surface area contributed by atoms with E-state index < -0.39 is 0 Å². The van der Waals surface area contributed by atoms with E-state index in [0.717, 1.165) is 42.2 Å². The predicted octanol–water partition coefficient (Wildman–Crippen LogP) is 3.08. The molecule has 1 aromatic carbocycles. The molecule has 1 aliphatic heterocycles. The summed E-state index contributed by atoms with van der Waals surface area (Å²) in [5, 5.41) is 2.63. The number of nitrogens with zero attached hydrogens (tertiary/aromatic N) is 2. The van der Waals surface area contributed by atoms with E-state index >= 15 is 0 Å². The molecule has 2 heterocycles. The van der Waals surface area contributed by atoms with Crippen LogP contribution in [-0.2, 0) is 11.2 Å². The first-order valence-corrected chi connectivity index (χ1v) is 9.14. The summed E-state index contributed by atoms with van der Waals surface area (Å²) in [4.78, 5) is 18.8. The Kier molecular flexibility index (Phi) is 5.26. The van der Waals surface area contributed by atoms with Crippen molar-refractivity contribution in [1.29, 1.82) is 0 Å². The highest BCUT2D eigenvalue weighted by Crippen LogP contribution is 2.25. The zero-order valence-corrected chi connectivity index (χ0v) is 14.6. The highest BCUT2D eigenvalue weighted by Gasteiger charge is 2.25. The number of amides is 1. The van der Waals surface area contributed by atoms with Crippen molar-refractivity contribution < 1.29 is 9.18 Å². The molecule has 1 aromatic heterocycles. The zero-order valence-electron chi connectivity index (χ0n) is 13.7. The van der Waals surface area contributed by atoms with E-state index in [2.05, 4.69) is 4.98 Å². The zero-order chi connectivity index (χ0) is 17.1. The molecule has 1 fully saturated rings. The summed E-state index contributed by atoms with van der Waals surface area (Å²) in [5.74, 6) is 0.333. The number of carbonyl (C=O) groups is 1. The number of piperidine rings is 1. The van der Waals surface area contributed by atoms with Gasteiger partial charge in [0.15, 0.2) is 0 Å². The molecule has 0 bridgehead atoms. The molecule has 1 aliphatic rings. The van der Waals surface area contributed by atoms with Crippen LogP contribution in [0.4, 0.5) is 4.39 Å². The van der Waals surface area contributed by atoms with Crippen LogP contribution in [0.5, 0.6) is 0 Å². The van der Waals surface area contributed by atoms with E-state index in [-0.39, 0.29) is 17.8 Å². The van der Waals surface area contributed by atoms with Gasteiger partial charge < -0.3 is 10.6 Å². The maximum Gasteiger partial charge on any atom is 0.228 e. The molecule has 0 aliphatic carbocycles. The number of thiazole rings is 1. The topological polar surface area (TPSA) is 59.2 Å². The highest BCUT2D eigenvalue weighted by atomic mass is 32.1. The van der Waals surface area contributed by atoms with Crippen LogP contribution in [0.15, 0.2) is 29.6 Å². The van der Waals surface area contributed by atoms with Gasteiger partial charge in [-0.05, 0) is 37.8 Å². The van der Waals surface area contributed by atoms with Gasteiger partial charge in [-0.25, -0.2) is 9.37 Å². The second kappa shape index (κ2) is 7.40. The standard InChI is InChI=1S/C18H22FN3OS/c1-12(20)13-5-7-22(8-6-13)17(23)10-16-11-24-18(21-16)14-3-2-4-15(19)9-14/h2-4,9,11-13H,5-8,10,20H2,1H3. The number of hydrogen-bond donors (Lipinski definition) is 1. The monoisotopic (exact) mass is 347 g/mol. The van der Waals surface area contributed by atoms with Gasteiger partial charge in [0, 0.05) is 30.1 Å². The van der Waals surface area contributed by atoms with Crippen molar-refractivity contribution in [3.05, 3.63) is 41.2 Å². The van der Waals surface area contributed by atoms with Gasteiger partial charge in [0.2, 0.25) is 5.91 Å². The minimum Gasteiger partial charge on any atom is -0.342 e. The minimum absolute atomic E-state index is 0.106. The SMILES string of the molecule is CC(N)C1CCN(C(=O)Cc2csc(-c3cccc(F)c3)n2)CC1. The van der Waals surface area contributed by atoms with Gasteiger partial charge in [-0.1, -0.05) is 12.1 Å². The molecule has 1 unspecified atom stereocenters. The molecule has 0 saturated carbocycles. The lowest BCUT2D eigenvalue weighted by atomic mass is 9.91. The first-order chi connectivity index (χ1) is 11.5. The molecular weight excluding hydrogens is 325 g/mol. The molecule has 4 nitrogen and oxygen atoms in total. The lowest BCUT2D eigenvalue weighted by Crippen LogP contribution is -2.43. The summed E-state index contributed by atoms with van der Waals surface area (Å²) < 4.78 is 13.3. The second-order valence-corrected chi connectivity index (χ2v) is 7.27. The Bertz CT molecular complexity index is 708. The summed E-state index contributed by atoms with van der Waals surface area (Å²) >= 11 is 1.44. The van der Waals surface area contributed by atoms with Crippen molar-refractivity contribution in [1.82, 2.24) is 9.88 Å². The Morgan fingerprint density at radius 3 is 2.88 bits per heavy atom. The molecule has 0 spiro atoms. The summed E-state index contributed by atoms with van der Waals surface area (Å²) in [5.41, 5.74) is 7.44. The third-order valence-corrected chi connectivity index (χ3v) is 5.53. The number of rotatable bonds is 4. The molecular formula is C18H22FN3OS. The first-order valence-electron chi connectivity index (χ1n) is 8.26. The van der Waals surface area contributed by atoms with E-state index in [9.17, 15) is 9.18 Å². The Morgan fingerprint density at radius 2 is 2.21 bits per heavy atom. The van der Waals surface area contributed by atoms with Crippen LogP contribution >= 0.6 is 11.3 Å². The maximum atomic E-state index is 13.3. The number of carbonyl (C=O) groups excluding carboxylic acids is 1. The molecule has 2 aromatic rings. The van der Waals surface area contributed by atoms with Crippen LogP contribution in [-0.4, -0.2) is 34.9 Å². The van der Waals surface area contributed by atoms with Gasteiger partial charge in [-0.3, -0.25) is 4.79 Å². The largest absolute Gasteiger partial charge is 0.342 e. The van der Waals surface area contributed by atoms with Crippen LogP contribution in [0.3, 0.4) is 0 Å². The predicted molar refractivity (Wildman–Crippen MR) is 94.2 cm³/mol. The van der Waals surface area contributed by atoms with Gasteiger partial charge in [0.1, 0.15) is 10.8 Å². The van der Waals surface area contributed by atoms with Crippen molar-refractivity contribution in [3.8, 4) is 10.6 Å². The average molecular weight is 347 g/mol. The van der Waals surface area contributed by atoms with Crippen molar-refractivity contribution in [2.45, 2.75) is 32.2 Å². The number of hydrogen-bond acceptors (Lipinski definition) is 4. The molecule has 3 rings (SSSR count). The average Bonchev–Trinajstić information content (AvgIpc) is 3.03. The van der Waals surface area contributed by atoms with Crippen molar-refractivity contribution in [2.75, 3.05) is 13.1 Å². The summed E-state index contributed by atoms with van der Waals surface area (Å²) in [6.45, 7) is 3.57. The molecule has 2 N–H and O–H groups in total. The van der Waals surface area contributed by atoms with Gasteiger partial charge in [-0.15, -0.1) is 11.3 Å². The fraction of sp³-hybridized carbons (Fsp3) is 0.444. The third kappa shape index (κ3) is 3.99. The first kappa shape index (κ1) is 17.0. The van der Waals surface area contributed by atoms with Crippen molar-refractivity contribution in [3.63, 3.8) is 0 Å². The van der Waals surface area contributed by atoms with Crippen LogP contribution in [0.1, 0.15) is 25.5 Å². The van der Waals surface area contributed by atoms with Crippen LogP contribution in [0, 0.1) is 11.7 Å². The second-order valence-electron chi connectivity index (χ2n) is 6.41. The van der Waals surface area contributed by atoms with Crippen LogP contribution in [0.25, 0.3) is 10.6 Å². The smallest absolute Gasteiger partial charge is 0.228 e. The quantitative estimate of drug-likeness (QED) is 0.925. The number of likely N-dealkylation sites (tertiary alicyclic amines) is 1. The Balaban J connectivity index is 1.60. The summed E-state index contributed by atoms with van der Waals surface area (Å²) in [6, 6.07) is 6.55. The lowest BCUT2D eigenvalue weighted by Gasteiger charge is -2.33. The highest BCUT2D eigenvalue weighted by molar-refractivity contribution is 7.13. The van der Waals surface area contributed by atoms with Crippen molar-refractivity contribution >= 4 is 17.2 Å². The van der Waals surface area contributed by atoms with Crippen molar-refractivity contribution in [2.24, 2.45) is 11.7 Å². The van der Waals surface area contributed by atoms with E-state index in [1.807, 2.05) is 23.3 Å². The van der Waals surface area contributed by atoms with E-state index in [1.165, 1.54) is 23.5 Å². The molecule has 128 valence electrons.